The van der Waals surface area contributed by atoms with Crippen LogP contribution in [0.1, 0.15) is 31.7 Å². The van der Waals surface area contributed by atoms with E-state index in [2.05, 4.69) is 15.3 Å². The molecule has 0 aliphatic heterocycles. The quantitative estimate of drug-likeness (QED) is 0.528. The van der Waals surface area contributed by atoms with E-state index in [1.54, 1.807) is 56.3 Å². The largest absolute Gasteiger partial charge is 0.352 e. The average molecular weight is 443 g/mol. The fourth-order valence-electron chi connectivity index (χ4n) is 3.27. The molecule has 3 rings (SSSR count). The molecule has 3 aromatic rings. The smallest absolute Gasteiger partial charge is 0.258 e. The molecule has 2 aromatic carbocycles. The van der Waals surface area contributed by atoms with Crippen molar-refractivity contribution in [3.63, 3.8) is 0 Å². The molecule has 0 saturated heterocycles. The van der Waals surface area contributed by atoms with E-state index in [1.807, 2.05) is 6.07 Å². The zero-order chi connectivity index (χ0) is 22.4. The van der Waals surface area contributed by atoms with Crippen LogP contribution in [0.5, 0.6) is 0 Å². The lowest BCUT2D eigenvalue weighted by Crippen LogP contribution is -2.30. The molecule has 0 atom stereocenters. The van der Waals surface area contributed by atoms with Gasteiger partial charge in [-0.05, 0) is 29.8 Å². The van der Waals surface area contributed by atoms with Gasteiger partial charge in [0.1, 0.15) is 5.82 Å². The molecule has 1 aromatic heterocycles. The highest BCUT2D eigenvalue weighted by Crippen LogP contribution is 2.16. The molecule has 0 bridgehead atoms. The number of hydrogen-bond acceptors (Lipinski definition) is 5. The van der Waals surface area contributed by atoms with E-state index in [4.69, 9.17) is 0 Å². The molecule has 1 amide bonds. The van der Waals surface area contributed by atoms with Crippen LogP contribution >= 0.6 is 0 Å². The minimum atomic E-state index is -3.50. The monoisotopic (exact) mass is 442 g/mol. The Hall–Kier alpha value is -3.04. The van der Waals surface area contributed by atoms with Crippen molar-refractivity contribution in [2.45, 2.75) is 38.1 Å². The summed E-state index contributed by atoms with van der Waals surface area (Å²) in [7, 11) is -3.50. The van der Waals surface area contributed by atoms with Gasteiger partial charge in [-0.3, -0.25) is 9.59 Å². The highest BCUT2D eigenvalue weighted by Gasteiger charge is 2.21. The van der Waals surface area contributed by atoms with Crippen molar-refractivity contribution in [2.75, 3.05) is 13.1 Å². The van der Waals surface area contributed by atoms with E-state index < -0.39 is 10.0 Å². The molecule has 0 saturated carbocycles. The lowest BCUT2D eigenvalue weighted by molar-refractivity contribution is -0.121. The number of rotatable bonds is 9. The maximum absolute atomic E-state index is 12.5. The van der Waals surface area contributed by atoms with Gasteiger partial charge in [0.05, 0.1) is 15.8 Å². The minimum Gasteiger partial charge on any atom is -0.352 e. The molecule has 164 valence electrons. The average Bonchev–Trinajstić information content (AvgIpc) is 2.77. The highest BCUT2D eigenvalue weighted by molar-refractivity contribution is 7.89. The molecule has 9 heteroatoms. The number of amides is 1. The number of hydrogen-bond donors (Lipinski definition) is 2. The van der Waals surface area contributed by atoms with E-state index in [0.29, 0.717) is 36.2 Å². The predicted octanol–water partition coefficient (Wildman–Crippen LogP) is 2.20. The number of aryl methyl sites for hydroxylation is 1. The second kappa shape index (κ2) is 9.84. The summed E-state index contributed by atoms with van der Waals surface area (Å²) in [5.41, 5.74) is 1.17. The van der Waals surface area contributed by atoms with Gasteiger partial charge in [0.2, 0.25) is 15.9 Å². The Morgan fingerprint density at radius 2 is 1.74 bits per heavy atom. The highest BCUT2D eigenvalue weighted by atomic mass is 32.2. The van der Waals surface area contributed by atoms with Gasteiger partial charge in [-0.1, -0.05) is 38.1 Å². The summed E-state index contributed by atoms with van der Waals surface area (Å²) in [5, 5.41) is 3.32. The lowest BCUT2D eigenvalue weighted by Gasteiger charge is -2.18. The summed E-state index contributed by atoms with van der Waals surface area (Å²) < 4.78 is 26.4. The van der Waals surface area contributed by atoms with Crippen LogP contribution in [0, 0.1) is 0 Å². The van der Waals surface area contributed by atoms with Gasteiger partial charge in [-0.25, -0.2) is 13.4 Å². The van der Waals surface area contributed by atoms with Crippen LogP contribution in [0.25, 0.3) is 10.9 Å². The first kappa shape index (κ1) is 22.6. The maximum atomic E-state index is 12.5. The SMILES string of the molecule is CCN(CC)S(=O)(=O)c1ccc(CNC(=O)CCc2nc3ccccc3c(=O)[nH]2)cc1. The maximum Gasteiger partial charge on any atom is 0.258 e. The molecular weight excluding hydrogens is 416 g/mol. The van der Waals surface area contributed by atoms with Crippen LogP contribution in [0.4, 0.5) is 0 Å². The fourth-order valence-corrected chi connectivity index (χ4v) is 4.72. The molecule has 8 nitrogen and oxygen atoms in total. The predicted molar refractivity (Wildman–Crippen MR) is 119 cm³/mol. The Bertz CT molecular complexity index is 1220. The number of nitrogens with zero attached hydrogens (tertiary/aromatic N) is 2. The summed E-state index contributed by atoms with van der Waals surface area (Å²) in [6.45, 7) is 4.70. The zero-order valence-corrected chi connectivity index (χ0v) is 18.4. The van der Waals surface area contributed by atoms with Crippen LogP contribution in [-0.4, -0.2) is 41.7 Å². The number of carbonyl (C=O) groups is 1. The van der Waals surface area contributed by atoms with E-state index in [1.165, 1.54) is 4.31 Å². The molecule has 0 unspecified atom stereocenters. The Morgan fingerprint density at radius 1 is 1.06 bits per heavy atom. The van der Waals surface area contributed by atoms with Crippen molar-refractivity contribution in [2.24, 2.45) is 0 Å². The first-order valence-electron chi connectivity index (χ1n) is 10.2. The number of H-pyrrole nitrogens is 1. The van der Waals surface area contributed by atoms with Crippen LogP contribution in [0.3, 0.4) is 0 Å². The van der Waals surface area contributed by atoms with Gasteiger partial charge in [0, 0.05) is 32.5 Å². The number of carbonyl (C=O) groups excluding carboxylic acids is 1. The molecule has 2 N–H and O–H groups in total. The van der Waals surface area contributed by atoms with E-state index in [0.717, 1.165) is 5.56 Å². The van der Waals surface area contributed by atoms with Gasteiger partial charge in [0.25, 0.3) is 5.56 Å². The normalized spacial score (nSPS) is 11.7. The Balaban J connectivity index is 1.56. The standard InChI is InChI=1S/C22H26N4O4S/c1-3-26(4-2)31(29,30)17-11-9-16(10-12-17)15-23-21(27)14-13-20-24-19-8-6-5-7-18(19)22(28)25-20/h5-12H,3-4,13-15H2,1-2H3,(H,23,27)(H,24,25,28). The Morgan fingerprint density at radius 3 is 2.42 bits per heavy atom. The molecule has 0 aliphatic rings. The van der Waals surface area contributed by atoms with E-state index >= 15 is 0 Å². The summed E-state index contributed by atoms with van der Waals surface area (Å²) in [4.78, 5) is 31.6. The Kier molecular flexibility index (Phi) is 7.19. The first-order valence-corrected chi connectivity index (χ1v) is 11.6. The minimum absolute atomic E-state index is 0.176. The van der Waals surface area contributed by atoms with Gasteiger partial charge in [-0.15, -0.1) is 0 Å². The Labute approximate surface area is 181 Å². The summed E-state index contributed by atoms with van der Waals surface area (Å²) in [5.74, 6) is 0.278. The van der Waals surface area contributed by atoms with Crippen molar-refractivity contribution < 1.29 is 13.2 Å². The first-order chi connectivity index (χ1) is 14.8. The van der Waals surface area contributed by atoms with Crippen molar-refractivity contribution in [3.05, 3.63) is 70.3 Å². The van der Waals surface area contributed by atoms with Crippen LogP contribution in [-0.2, 0) is 27.8 Å². The lowest BCUT2D eigenvalue weighted by atomic mass is 10.2. The molecule has 1 heterocycles. The second-order valence-corrected chi connectivity index (χ2v) is 8.98. The molecular formula is C22H26N4O4S. The van der Waals surface area contributed by atoms with Crippen molar-refractivity contribution in [1.82, 2.24) is 19.6 Å². The van der Waals surface area contributed by atoms with Gasteiger partial charge in [-0.2, -0.15) is 4.31 Å². The zero-order valence-electron chi connectivity index (χ0n) is 17.6. The molecule has 0 radical (unpaired) electrons. The molecule has 31 heavy (non-hydrogen) atoms. The number of sulfonamides is 1. The topological polar surface area (TPSA) is 112 Å². The number of nitrogens with one attached hydrogen (secondary N) is 2. The van der Waals surface area contributed by atoms with Crippen molar-refractivity contribution >= 4 is 26.8 Å². The van der Waals surface area contributed by atoms with Crippen molar-refractivity contribution in [3.8, 4) is 0 Å². The van der Waals surface area contributed by atoms with E-state index in [-0.39, 0.29) is 29.3 Å². The fraction of sp³-hybridized carbons (Fsp3) is 0.318. The third-order valence-electron chi connectivity index (χ3n) is 5.01. The summed E-state index contributed by atoms with van der Waals surface area (Å²) in [6.07, 6.45) is 0.489. The van der Waals surface area contributed by atoms with Crippen molar-refractivity contribution in [1.29, 1.82) is 0 Å². The molecule has 0 spiro atoms. The van der Waals surface area contributed by atoms with Crippen LogP contribution in [0.15, 0.2) is 58.2 Å². The van der Waals surface area contributed by atoms with Crippen LogP contribution in [0.2, 0.25) is 0 Å². The van der Waals surface area contributed by atoms with Crippen LogP contribution < -0.4 is 10.9 Å². The number of benzene rings is 2. The third kappa shape index (κ3) is 5.36. The number of para-hydroxylation sites is 1. The molecule has 0 fully saturated rings. The van der Waals surface area contributed by atoms with Gasteiger partial charge >= 0.3 is 0 Å². The second-order valence-electron chi connectivity index (χ2n) is 7.04. The van der Waals surface area contributed by atoms with Gasteiger partial charge in [0.15, 0.2) is 0 Å². The third-order valence-corrected chi connectivity index (χ3v) is 7.07. The number of fused-ring (bicyclic) bond motifs is 1. The summed E-state index contributed by atoms with van der Waals surface area (Å²) >= 11 is 0. The van der Waals surface area contributed by atoms with E-state index in [9.17, 15) is 18.0 Å². The number of aromatic amines is 1. The molecule has 0 aliphatic carbocycles. The number of aromatic nitrogens is 2. The van der Waals surface area contributed by atoms with Gasteiger partial charge < -0.3 is 10.3 Å². The summed E-state index contributed by atoms with van der Waals surface area (Å²) in [6, 6.07) is 13.5.